The molecule has 0 aliphatic carbocycles. The molecule has 1 aromatic rings. The molecule has 1 spiro atoms. The number of amides is 5. The number of rotatable bonds is 16. The molecule has 10 aliphatic heterocycles. The number of hydrogen-bond acceptors (Lipinski definition) is 17. The van der Waals surface area contributed by atoms with Gasteiger partial charge < -0.3 is 85.2 Å². The Morgan fingerprint density at radius 2 is 1.53 bits per heavy atom. The third-order valence-electron chi connectivity index (χ3n) is 18.4. The first-order valence-corrected chi connectivity index (χ1v) is 29.6. The Hall–Kier alpha value is -4.59. The first-order chi connectivity index (χ1) is 38.8. The van der Waals surface area contributed by atoms with Gasteiger partial charge in [0.2, 0.25) is 11.8 Å². The van der Waals surface area contributed by atoms with Gasteiger partial charge in [0.05, 0.1) is 73.2 Å². The number of primary amides is 1. The molecule has 12 bridgehead atoms. The quantitative estimate of drug-likeness (QED) is 0.0899. The predicted octanol–water partition coefficient (Wildman–Crippen LogP) is 4.26. The van der Waals surface area contributed by atoms with Crippen molar-refractivity contribution in [3.63, 3.8) is 0 Å². The van der Waals surface area contributed by atoms with Crippen molar-refractivity contribution in [1.29, 1.82) is 0 Å². The number of carbonyl (C=O) groups is 5. The number of aliphatic hydroxyl groups is 1. The van der Waals surface area contributed by atoms with Crippen molar-refractivity contribution in [2.75, 3.05) is 25.5 Å². The summed E-state index contributed by atoms with van der Waals surface area (Å²) in [7, 11) is 1.59. The van der Waals surface area contributed by atoms with E-state index in [1.54, 1.807) is 45.2 Å². The van der Waals surface area contributed by atoms with Crippen LogP contribution in [-0.4, -0.2) is 171 Å². The summed E-state index contributed by atoms with van der Waals surface area (Å²) >= 11 is 0. The van der Waals surface area contributed by atoms with Crippen LogP contribution in [0, 0.1) is 17.8 Å². The molecule has 10 aliphatic rings. The van der Waals surface area contributed by atoms with Gasteiger partial charge in [-0.1, -0.05) is 46.1 Å². The monoisotopic (exact) mass is 1130 g/mol. The summed E-state index contributed by atoms with van der Waals surface area (Å²) in [4.78, 5) is 64.7. The summed E-state index contributed by atoms with van der Waals surface area (Å²) in [5.74, 6) is -2.16. The van der Waals surface area contributed by atoms with Crippen LogP contribution in [-0.2, 0) is 68.4 Å². The van der Waals surface area contributed by atoms with E-state index in [0.29, 0.717) is 49.8 Å². The summed E-state index contributed by atoms with van der Waals surface area (Å²) in [6.07, 6.45) is 1.63. The Morgan fingerprint density at radius 3 is 2.30 bits per heavy atom. The number of fused-ring (bicyclic) bond motifs is 6. The second-order valence-corrected chi connectivity index (χ2v) is 24.6. The molecule has 5 amide bonds. The van der Waals surface area contributed by atoms with Crippen molar-refractivity contribution in [2.45, 2.75) is 239 Å². The van der Waals surface area contributed by atoms with Gasteiger partial charge in [0.25, 0.3) is 0 Å². The highest BCUT2D eigenvalue weighted by molar-refractivity contribution is 5.97. The number of nitrogens with one attached hydrogen (secondary N) is 4. The van der Waals surface area contributed by atoms with Crippen LogP contribution >= 0.6 is 0 Å². The molecule has 448 valence electrons. The van der Waals surface area contributed by atoms with E-state index in [1.807, 2.05) is 0 Å². The molecule has 10 saturated heterocycles. The number of aliphatic hydroxyl groups excluding tert-OH is 1. The highest BCUT2D eigenvalue weighted by Gasteiger charge is 2.69. The largest absolute Gasteiger partial charge is 0.445 e. The van der Waals surface area contributed by atoms with Crippen LogP contribution in [0.2, 0.25) is 0 Å². The fraction of sp³-hybridized carbons (Fsp3) is 0.746. The first kappa shape index (κ1) is 59.6. The average molecular weight is 1140 g/mol. The third kappa shape index (κ3) is 13.8. The maximum Gasteiger partial charge on any atom is 0.407 e. The van der Waals surface area contributed by atoms with Crippen LogP contribution in [0.3, 0.4) is 0 Å². The third-order valence-corrected chi connectivity index (χ3v) is 18.4. The van der Waals surface area contributed by atoms with Gasteiger partial charge in [0.1, 0.15) is 49.0 Å². The smallest absolute Gasteiger partial charge is 0.407 e. The van der Waals surface area contributed by atoms with Crippen LogP contribution < -0.4 is 32.7 Å². The normalized spacial score (nSPS) is 38.3. The lowest BCUT2D eigenvalue weighted by atomic mass is 9.81. The fourth-order valence-electron chi connectivity index (χ4n) is 13.9. The van der Waals surface area contributed by atoms with Gasteiger partial charge in [-0.05, 0) is 98.5 Å². The summed E-state index contributed by atoms with van der Waals surface area (Å²) < 4.78 is 66.2. The molecule has 9 N–H and O–H groups in total. The number of anilines is 1. The number of carbonyl (C=O) groups excluding carboxylic acids is 5. The number of ether oxygens (including phenoxy) is 10. The minimum absolute atomic E-state index is 0.0112. The summed E-state index contributed by atoms with van der Waals surface area (Å²) in [6, 6.07) is 4.17. The molecule has 21 atom stereocenters. The van der Waals surface area contributed by atoms with E-state index < -0.39 is 84.4 Å². The molecular weight excluding hydrogens is 1050 g/mol. The van der Waals surface area contributed by atoms with Gasteiger partial charge in [0.15, 0.2) is 5.79 Å². The summed E-state index contributed by atoms with van der Waals surface area (Å²) in [5.41, 5.74) is 14.3. The number of urea groups is 1. The van der Waals surface area contributed by atoms with E-state index in [0.717, 1.165) is 43.3 Å². The van der Waals surface area contributed by atoms with E-state index in [2.05, 4.69) is 41.3 Å². The molecule has 81 heavy (non-hydrogen) atoms. The van der Waals surface area contributed by atoms with Crippen LogP contribution in [0.5, 0.6) is 0 Å². The number of nitrogens with two attached hydrogens (primary N) is 2. The van der Waals surface area contributed by atoms with Crippen LogP contribution in [0.4, 0.5) is 15.3 Å². The molecule has 22 nitrogen and oxygen atoms in total. The molecule has 10 heterocycles. The number of alkyl carbamates (subject to hydrolysis) is 1. The standard InChI is InChI=1S/C59H86N6O16/c1-29(2)48(60)56(69)65-41(8-7-19-62-57(61)70)55(68)64-34-11-9-33(10-12-34)28-73-58(71)63-27-36(67)24-46-49(72-6)40-23-35(66)22-38-14-16-43-50(76-38)54-53-52(78-43)51-47(79-53)26-59(80-51,81-54)18-17-39-21-31(4)42(74-39)15-13-37-20-30(3)32(5)44(75-37)25-45(40)77-46/h9-12,29-30,36-54,67H,4-5,7-8,13-28,60H2,1-3,6H3,(H,63,71)(H,64,68)(H,65,69)(H3,61,62,70)/t30-,36+,37+,38-,39-,40+,41+,42+,43+,44-,45+,46-,47-,48+,49-,50+,51+,52+,53-,54-,59+/m1/s1. The Morgan fingerprint density at radius 1 is 0.802 bits per heavy atom. The minimum atomic E-state index is -1.07. The SMILES string of the molecule is C=C1C[C@H]2CC[C@@]34C[C@H]5O[C@@H]6[C@@H](O[C@H]7CC[C@H](CC(=O)C[C@@H]8[C@@H](OC)[C@@H](C[C@H](O)CNC(=O)OCc9ccc(NC(=O)[C@H](CCCNC(N)=O)NC(=O)[C@@H](N)C(C)C)cc9)O[C@H]8C[C@H]8O[C@@H](CC[C@@H]1O2)C[C@@H](C)C8=C)O[C@@H]7[C@H]6O3)[C@H]5O4. The van der Waals surface area contributed by atoms with Crippen LogP contribution in [0.25, 0.3) is 0 Å². The Bertz CT molecular complexity index is 2450. The van der Waals surface area contributed by atoms with E-state index in [1.165, 1.54) is 0 Å². The van der Waals surface area contributed by atoms with Gasteiger partial charge >= 0.3 is 12.1 Å². The Balaban J connectivity index is 0.762. The summed E-state index contributed by atoms with van der Waals surface area (Å²) in [5, 5.41) is 22.1. The maximum atomic E-state index is 14.5. The lowest BCUT2D eigenvalue weighted by Gasteiger charge is -2.47. The first-order valence-electron chi connectivity index (χ1n) is 29.6. The molecule has 22 heteroatoms. The molecule has 1 aromatic carbocycles. The van der Waals surface area contributed by atoms with Gasteiger partial charge in [-0.2, -0.15) is 0 Å². The average Bonchev–Trinajstić information content (AvgIpc) is 3.90. The van der Waals surface area contributed by atoms with Crippen molar-refractivity contribution in [1.82, 2.24) is 16.0 Å². The Labute approximate surface area is 474 Å². The zero-order chi connectivity index (χ0) is 57.3. The molecule has 0 aromatic heterocycles. The highest BCUT2D eigenvalue weighted by Crippen LogP contribution is 2.54. The van der Waals surface area contributed by atoms with Gasteiger partial charge in [-0.25, -0.2) is 9.59 Å². The van der Waals surface area contributed by atoms with Crippen LogP contribution in [0.15, 0.2) is 48.6 Å². The topological polar surface area (TPSA) is 298 Å². The number of ketones is 1. The molecule has 0 saturated carbocycles. The predicted molar refractivity (Wildman–Crippen MR) is 292 cm³/mol. The Kier molecular flexibility index (Phi) is 18.9. The second kappa shape index (κ2) is 25.7. The molecule has 0 radical (unpaired) electrons. The number of hydrogen-bond donors (Lipinski definition) is 7. The van der Waals surface area contributed by atoms with E-state index in [4.69, 9.17) is 58.8 Å². The van der Waals surface area contributed by atoms with Gasteiger partial charge in [0, 0.05) is 70.3 Å². The number of benzene rings is 1. The van der Waals surface area contributed by atoms with Crippen molar-refractivity contribution in [3.8, 4) is 0 Å². The van der Waals surface area contributed by atoms with Crippen molar-refractivity contribution < 1.29 is 76.4 Å². The van der Waals surface area contributed by atoms with Crippen molar-refractivity contribution in [2.24, 2.45) is 29.2 Å². The number of Topliss-reactive ketones (excluding diaryl/α,β-unsaturated/α-hetero) is 1. The maximum absolute atomic E-state index is 14.5. The highest BCUT2D eigenvalue weighted by atomic mass is 16.8. The van der Waals surface area contributed by atoms with Gasteiger partial charge in [-0.15, -0.1) is 0 Å². The van der Waals surface area contributed by atoms with Crippen molar-refractivity contribution >= 4 is 35.4 Å². The van der Waals surface area contributed by atoms with Crippen molar-refractivity contribution in [3.05, 3.63) is 54.1 Å². The second-order valence-electron chi connectivity index (χ2n) is 24.6. The fourth-order valence-corrected chi connectivity index (χ4v) is 13.9. The van der Waals surface area contributed by atoms with E-state index >= 15 is 0 Å². The van der Waals surface area contributed by atoms with Gasteiger partial charge in [-0.3, -0.25) is 14.4 Å². The van der Waals surface area contributed by atoms with E-state index in [-0.39, 0.29) is 124 Å². The minimum Gasteiger partial charge on any atom is -0.445 e. The molecule has 0 unspecified atom stereocenters. The number of methoxy groups -OCH3 is 1. The lowest BCUT2D eigenvalue weighted by molar-refractivity contribution is -0.292. The lowest BCUT2D eigenvalue weighted by Crippen LogP contribution is -2.61. The van der Waals surface area contributed by atoms with E-state index in [9.17, 15) is 29.1 Å². The summed E-state index contributed by atoms with van der Waals surface area (Å²) in [6.45, 7) is 14.7. The van der Waals surface area contributed by atoms with Crippen LogP contribution in [0.1, 0.15) is 123 Å². The molecule has 10 fully saturated rings. The molecule has 11 rings (SSSR count). The molecular formula is C59H86N6O16. The zero-order valence-electron chi connectivity index (χ0n) is 47.3. The zero-order valence-corrected chi connectivity index (χ0v) is 47.3.